The van der Waals surface area contributed by atoms with E-state index >= 15 is 0 Å². The van der Waals surface area contributed by atoms with Crippen molar-refractivity contribution < 1.29 is 9.21 Å². The number of carbonyl (C=O) groups is 1. The lowest BCUT2D eigenvalue weighted by Gasteiger charge is -2.14. The molecule has 1 fully saturated rings. The first-order valence-electron chi connectivity index (χ1n) is 8.40. The summed E-state index contributed by atoms with van der Waals surface area (Å²) in [7, 11) is 0. The van der Waals surface area contributed by atoms with Gasteiger partial charge >= 0.3 is 0 Å². The molecule has 7 heteroatoms. The Balaban J connectivity index is 1.48. The second-order valence-corrected chi connectivity index (χ2v) is 9.02. The molecule has 1 aliphatic rings. The number of thioether (sulfide) groups is 2. The number of rotatable bonds is 5. The Morgan fingerprint density at radius 1 is 1.11 bits per heavy atom. The molecule has 1 saturated heterocycles. The smallest absolute Gasteiger partial charge is 0.270 e. The molecule has 1 amide bonds. The number of hydrogen-bond donors (Lipinski definition) is 0. The topological polar surface area (TPSA) is 33.5 Å². The van der Waals surface area contributed by atoms with Crippen LogP contribution in [0.4, 0.5) is 5.69 Å². The van der Waals surface area contributed by atoms with Crippen molar-refractivity contribution in [3.63, 3.8) is 0 Å². The van der Waals surface area contributed by atoms with E-state index in [1.54, 1.807) is 36.0 Å². The fraction of sp³-hybridized carbons (Fsp3) is 0.0476. The summed E-state index contributed by atoms with van der Waals surface area (Å²) in [5.74, 6) is 1.28. The lowest BCUT2D eigenvalue weighted by molar-refractivity contribution is -0.113. The number of thiocarbonyl (C=S) groups is 1. The standard InChI is InChI=1S/C21H14ClNO2S3/c22-15-7-4-8-16(11-15)23-20(24)18(28-21(23)26)12-17-9-10-19(25-17)27-13-14-5-2-1-3-6-14/h1-12H,13H2. The van der Waals surface area contributed by atoms with E-state index in [0.29, 0.717) is 25.7 Å². The summed E-state index contributed by atoms with van der Waals surface area (Å²) in [4.78, 5) is 14.8. The summed E-state index contributed by atoms with van der Waals surface area (Å²) in [6, 6.07) is 21.1. The molecule has 28 heavy (non-hydrogen) atoms. The second kappa shape index (κ2) is 8.57. The van der Waals surface area contributed by atoms with Crippen molar-refractivity contribution in [2.45, 2.75) is 10.8 Å². The van der Waals surface area contributed by atoms with E-state index in [9.17, 15) is 4.79 Å². The highest BCUT2D eigenvalue weighted by Gasteiger charge is 2.33. The molecule has 2 aromatic carbocycles. The van der Waals surface area contributed by atoms with Gasteiger partial charge in [-0.25, -0.2) is 0 Å². The third-order valence-corrected chi connectivity index (χ3v) is 6.48. The van der Waals surface area contributed by atoms with Crippen molar-refractivity contribution in [1.82, 2.24) is 0 Å². The van der Waals surface area contributed by atoms with Crippen LogP contribution >= 0.6 is 47.3 Å². The number of halogens is 1. The molecule has 4 rings (SSSR count). The Labute approximate surface area is 181 Å². The summed E-state index contributed by atoms with van der Waals surface area (Å²) in [6.45, 7) is 0. The quantitative estimate of drug-likeness (QED) is 0.251. The van der Waals surface area contributed by atoms with Gasteiger partial charge in [0.25, 0.3) is 5.91 Å². The molecule has 0 unspecified atom stereocenters. The number of carbonyl (C=O) groups excluding carboxylic acids is 1. The SMILES string of the molecule is O=C1C(=Cc2ccc(SCc3ccccc3)o2)SC(=S)N1c1cccc(Cl)c1. The summed E-state index contributed by atoms with van der Waals surface area (Å²) in [6.07, 6.45) is 1.73. The molecule has 0 N–H and O–H groups in total. The molecule has 140 valence electrons. The summed E-state index contributed by atoms with van der Waals surface area (Å²) in [5, 5.41) is 1.36. The Kier molecular flexibility index (Phi) is 5.92. The van der Waals surface area contributed by atoms with Gasteiger partial charge in [0, 0.05) is 16.9 Å². The van der Waals surface area contributed by atoms with Crippen molar-refractivity contribution in [2.75, 3.05) is 4.90 Å². The van der Waals surface area contributed by atoms with Crippen molar-refractivity contribution in [2.24, 2.45) is 0 Å². The lowest BCUT2D eigenvalue weighted by Crippen LogP contribution is -2.27. The van der Waals surface area contributed by atoms with Crippen LogP contribution in [0.2, 0.25) is 5.02 Å². The Morgan fingerprint density at radius 2 is 1.93 bits per heavy atom. The van der Waals surface area contributed by atoms with E-state index in [1.165, 1.54) is 22.2 Å². The van der Waals surface area contributed by atoms with Gasteiger partial charge < -0.3 is 4.42 Å². The van der Waals surface area contributed by atoms with Crippen LogP contribution in [0.15, 0.2) is 81.1 Å². The number of nitrogens with zero attached hydrogens (tertiary/aromatic N) is 1. The maximum atomic E-state index is 12.8. The maximum absolute atomic E-state index is 12.8. The van der Waals surface area contributed by atoms with E-state index in [2.05, 4.69) is 12.1 Å². The van der Waals surface area contributed by atoms with Crippen LogP contribution in [-0.4, -0.2) is 10.2 Å². The predicted molar refractivity (Wildman–Crippen MR) is 122 cm³/mol. The molecule has 1 aliphatic heterocycles. The van der Waals surface area contributed by atoms with E-state index in [-0.39, 0.29) is 5.91 Å². The first kappa shape index (κ1) is 19.3. The highest BCUT2D eigenvalue weighted by Crippen LogP contribution is 2.37. The van der Waals surface area contributed by atoms with E-state index < -0.39 is 0 Å². The minimum absolute atomic E-state index is 0.174. The van der Waals surface area contributed by atoms with Crippen molar-refractivity contribution in [1.29, 1.82) is 0 Å². The number of benzene rings is 2. The predicted octanol–water partition coefficient (Wildman–Crippen LogP) is 6.63. The molecule has 3 nitrogen and oxygen atoms in total. The zero-order chi connectivity index (χ0) is 19.5. The third kappa shape index (κ3) is 4.36. The number of amides is 1. The second-order valence-electron chi connectivity index (χ2n) is 5.93. The Bertz CT molecular complexity index is 1060. The van der Waals surface area contributed by atoms with Gasteiger partial charge in [-0.05, 0) is 35.9 Å². The zero-order valence-corrected chi connectivity index (χ0v) is 17.7. The molecule has 2 heterocycles. The average molecular weight is 444 g/mol. The van der Waals surface area contributed by atoms with E-state index in [0.717, 1.165) is 10.8 Å². The molecule has 0 atom stereocenters. The first-order valence-corrected chi connectivity index (χ1v) is 11.0. The fourth-order valence-electron chi connectivity index (χ4n) is 2.65. The molecule has 1 aromatic heterocycles. The van der Waals surface area contributed by atoms with Crippen LogP contribution in [0.25, 0.3) is 6.08 Å². The monoisotopic (exact) mass is 443 g/mol. The van der Waals surface area contributed by atoms with Gasteiger partial charge in [0.15, 0.2) is 9.41 Å². The van der Waals surface area contributed by atoms with Crippen LogP contribution in [0.5, 0.6) is 0 Å². The van der Waals surface area contributed by atoms with Gasteiger partial charge in [-0.1, -0.05) is 83.7 Å². The highest BCUT2D eigenvalue weighted by atomic mass is 35.5. The average Bonchev–Trinajstić information content (AvgIpc) is 3.25. The Morgan fingerprint density at radius 3 is 2.71 bits per heavy atom. The van der Waals surface area contributed by atoms with Crippen molar-refractivity contribution in [3.05, 3.63) is 88.0 Å². The molecular weight excluding hydrogens is 430 g/mol. The molecule has 3 aromatic rings. The summed E-state index contributed by atoms with van der Waals surface area (Å²) < 4.78 is 6.32. The van der Waals surface area contributed by atoms with Crippen LogP contribution in [0.3, 0.4) is 0 Å². The van der Waals surface area contributed by atoms with Crippen molar-refractivity contribution in [3.8, 4) is 0 Å². The Hall–Kier alpha value is -1.99. The van der Waals surface area contributed by atoms with Gasteiger partial charge in [0.05, 0.1) is 10.6 Å². The molecular formula is C21H14ClNO2S3. The van der Waals surface area contributed by atoms with Gasteiger partial charge in [-0.3, -0.25) is 9.69 Å². The number of furan rings is 1. The third-order valence-electron chi connectivity index (χ3n) is 3.96. The molecule has 0 saturated carbocycles. The molecule has 0 aliphatic carbocycles. The van der Waals surface area contributed by atoms with Gasteiger partial charge in [-0.2, -0.15) is 0 Å². The lowest BCUT2D eigenvalue weighted by atomic mass is 10.2. The highest BCUT2D eigenvalue weighted by molar-refractivity contribution is 8.27. The normalized spacial score (nSPS) is 15.6. The summed E-state index contributed by atoms with van der Waals surface area (Å²) in [5.41, 5.74) is 1.89. The maximum Gasteiger partial charge on any atom is 0.270 e. The van der Waals surface area contributed by atoms with Gasteiger partial charge in [0.2, 0.25) is 0 Å². The van der Waals surface area contributed by atoms with Gasteiger partial charge in [-0.15, -0.1) is 0 Å². The van der Waals surface area contributed by atoms with Crippen LogP contribution in [0, 0.1) is 0 Å². The van der Waals surface area contributed by atoms with E-state index in [4.69, 9.17) is 28.2 Å². The minimum Gasteiger partial charge on any atom is -0.450 e. The van der Waals surface area contributed by atoms with Gasteiger partial charge in [0.1, 0.15) is 5.76 Å². The molecule has 0 spiro atoms. The first-order chi connectivity index (χ1) is 13.6. The fourth-order valence-corrected chi connectivity index (χ4v) is 4.94. The largest absolute Gasteiger partial charge is 0.450 e. The number of hydrogen-bond acceptors (Lipinski definition) is 5. The minimum atomic E-state index is -0.174. The number of anilines is 1. The molecule has 0 bridgehead atoms. The zero-order valence-electron chi connectivity index (χ0n) is 14.5. The molecule has 0 radical (unpaired) electrons. The summed E-state index contributed by atoms with van der Waals surface area (Å²) >= 11 is 14.3. The van der Waals surface area contributed by atoms with E-state index in [1.807, 2.05) is 36.4 Å². The van der Waals surface area contributed by atoms with Crippen molar-refractivity contribution >= 4 is 69.3 Å². The van der Waals surface area contributed by atoms with Crippen LogP contribution < -0.4 is 4.90 Å². The van der Waals surface area contributed by atoms with Crippen LogP contribution in [0.1, 0.15) is 11.3 Å². The van der Waals surface area contributed by atoms with Crippen LogP contribution in [-0.2, 0) is 10.5 Å².